The SMILES string of the molecule is C[C@H](CO)N(C)S(=O)(=O)c1ccc(O)cc1. The Labute approximate surface area is 95.0 Å². The van der Waals surface area contributed by atoms with Crippen LogP contribution in [0.2, 0.25) is 0 Å². The molecule has 0 aliphatic heterocycles. The van der Waals surface area contributed by atoms with Gasteiger partial charge in [-0.2, -0.15) is 4.31 Å². The van der Waals surface area contributed by atoms with E-state index in [0.29, 0.717) is 0 Å². The van der Waals surface area contributed by atoms with Crippen molar-refractivity contribution in [3.05, 3.63) is 24.3 Å². The Bertz CT molecular complexity index is 440. The van der Waals surface area contributed by atoms with Gasteiger partial charge in [-0.3, -0.25) is 0 Å². The van der Waals surface area contributed by atoms with Crippen molar-refractivity contribution < 1.29 is 18.6 Å². The van der Waals surface area contributed by atoms with Crippen molar-refractivity contribution in [3.63, 3.8) is 0 Å². The smallest absolute Gasteiger partial charge is 0.243 e. The quantitative estimate of drug-likeness (QED) is 0.804. The molecule has 0 amide bonds. The van der Waals surface area contributed by atoms with E-state index in [1.54, 1.807) is 6.92 Å². The zero-order valence-electron chi connectivity index (χ0n) is 9.16. The number of aliphatic hydroxyl groups excluding tert-OH is 1. The second-order valence-electron chi connectivity index (χ2n) is 3.55. The largest absolute Gasteiger partial charge is 0.508 e. The Morgan fingerprint density at radius 3 is 2.25 bits per heavy atom. The molecule has 2 N–H and O–H groups in total. The summed E-state index contributed by atoms with van der Waals surface area (Å²) in [6.45, 7) is 1.37. The third-order valence-electron chi connectivity index (χ3n) is 2.40. The predicted octanol–water partition coefficient (Wildman–Crippen LogP) is 0.394. The lowest BCUT2D eigenvalue weighted by Gasteiger charge is -2.22. The first-order valence-electron chi connectivity index (χ1n) is 4.77. The summed E-state index contributed by atoms with van der Waals surface area (Å²) in [6.07, 6.45) is 0. The summed E-state index contributed by atoms with van der Waals surface area (Å²) in [7, 11) is -2.20. The fraction of sp³-hybridized carbons (Fsp3) is 0.400. The van der Waals surface area contributed by atoms with Crippen molar-refractivity contribution in [2.75, 3.05) is 13.7 Å². The molecule has 0 unspecified atom stereocenters. The maximum atomic E-state index is 12.0. The van der Waals surface area contributed by atoms with Crippen LogP contribution in [0.15, 0.2) is 29.2 Å². The molecule has 0 aromatic heterocycles. The van der Waals surface area contributed by atoms with Crippen LogP contribution in [0.1, 0.15) is 6.92 Å². The van der Waals surface area contributed by atoms with Gasteiger partial charge in [0.25, 0.3) is 0 Å². The zero-order chi connectivity index (χ0) is 12.3. The van der Waals surface area contributed by atoms with Crippen LogP contribution in [0.25, 0.3) is 0 Å². The monoisotopic (exact) mass is 245 g/mol. The van der Waals surface area contributed by atoms with E-state index in [1.165, 1.54) is 31.3 Å². The number of sulfonamides is 1. The van der Waals surface area contributed by atoms with Crippen LogP contribution in [0.3, 0.4) is 0 Å². The minimum Gasteiger partial charge on any atom is -0.508 e. The van der Waals surface area contributed by atoms with Crippen molar-refractivity contribution in [2.24, 2.45) is 0 Å². The number of benzene rings is 1. The Balaban J connectivity index is 3.07. The van der Waals surface area contributed by atoms with Gasteiger partial charge in [0.15, 0.2) is 0 Å². The summed E-state index contributed by atoms with van der Waals surface area (Å²) in [5.41, 5.74) is 0. The molecule has 0 saturated heterocycles. The lowest BCUT2D eigenvalue weighted by Crippen LogP contribution is -2.37. The number of likely N-dealkylation sites (N-methyl/N-ethyl adjacent to an activating group) is 1. The average Bonchev–Trinajstić information content (AvgIpc) is 2.27. The number of rotatable bonds is 4. The Kier molecular flexibility index (Phi) is 3.90. The maximum Gasteiger partial charge on any atom is 0.243 e. The van der Waals surface area contributed by atoms with Crippen LogP contribution in [0.5, 0.6) is 5.75 Å². The lowest BCUT2D eigenvalue weighted by atomic mass is 10.3. The van der Waals surface area contributed by atoms with Crippen LogP contribution in [-0.2, 0) is 10.0 Å². The Morgan fingerprint density at radius 1 is 1.31 bits per heavy atom. The number of phenols is 1. The van der Waals surface area contributed by atoms with Crippen molar-refractivity contribution in [1.82, 2.24) is 4.31 Å². The van der Waals surface area contributed by atoms with Gasteiger partial charge in [0.2, 0.25) is 10.0 Å². The van der Waals surface area contributed by atoms with E-state index in [9.17, 15) is 8.42 Å². The van der Waals surface area contributed by atoms with Gasteiger partial charge in [0.05, 0.1) is 11.5 Å². The first-order valence-corrected chi connectivity index (χ1v) is 6.21. The number of phenolic OH excluding ortho intramolecular Hbond substituents is 1. The molecule has 1 aromatic rings. The van der Waals surface area contributed by atoms with E-state index >= 15 is 0 Å². The molecule has 1 aromatic carbocycles. The molecule has 16 heavy (non-hydrogen) atoms. The van der Waals surface area contributed by atoms with Crippen LogP contribution in [-0.4, -0.2) is 42.6 Å². The molecule has 90 valence electrons. The zero-order valence-corrected chi connectivity index (χ0v) is 9.98. The molecule has 5 nitrogen and oxygen atoms in total. The van der Waals surface area contributed by atoms with Crippen LogP contribution in [0.4, 0.5) is 0 Å². The Hall–Kier alpha value is -1.11. The highest BCUT2D eigenvalue weighted by Crippen LogP contribution is 2.19. The fourth-order valence-electron chi connectivity index (χ4n) is 1.14. The van der Waals surface area contributed by atoms with Gasteiger partial charge >= 0.3 is 0 Å². The standard InChI is InChI=1S/C10H15NO4S/c1-8(7-12)11(2)16(14,15)10-5-3-9(13)4-6-10/h3-6,8,12-13H,7H2,1-2H3/t8-/m1/s1. The summed E-state index contributed by atoms with van der Waals surface area (Å²) < 4.78 is 25.1. The second kappa shape index (κ2) is 4.82. The summed E-state index contributed by atoms with van der Waals surface area (Å²) in [6, 6.07) is 4.78. The van der Waals surface area contributed by atoms with Crippen LogP contribution >= 0.6 is 0 Å². The van der Waals surface area contributed by atoms with Gasteiger partial charge in [-0.1, -0.05) is 0 Å². The van der Waals surface area contributed by atoms with Gasteiger partial charge in [-0.15, -0.1) is 0 Å². The number of nitrogens with zero attached hydrogens (tertiary/aromatic N) is 1. The normalized spacial score (nSPS) is 14.0. The number of aliphatic hydroxyl groups is 1. The number of aromatic hydroxyl groups is 1. The molecule has 0 bridgehead atoms. The van der Waals surface area contributed by atoms with E-state index < -0.39 is 16.1 Å². The average molecular weight is 245 g/mol. The van der Waals surface area contributed by atoms with Crippen molar-refractivity contribution in [2.45, 2.75) is 17.9 Å². The van der Waals surface area contributed by atoms with Crippen molar-refractivity contribution in [3.8, 4) is 5.75 Å². The maximum absolute atomic E-state index is 12.0. The molecule has 1 atom stereocenters. The van der Waals surface area contributed by atoms with Crippen molar-refractivity contribution in [1.29, 1.82) is 0 Å². The van der Waals surface area contributed by atoms with Crippen LogP contribution < -0.4 is 0 Å². The first kappa shape index (κ1) is 13.0. The van der Waals surface area contributed by atoms with E-state index in [4.69, 9.17) is 10.2 Å². The molecule has 6 heteroatoms. The van der Waals surface area contributed by atoms with Gasteiger partial charge < -0.3 is 10.2 Å². The van der Waals surface area contributed by atoms with E-state index in [2.05, 4.69) is 0 Å². The molecular weight excluding hydrogens is 230 g/mol. The Morgan fingerprint density at radius 2 is 1.81 bits per heavy atom. The number of hydrogen-bond donors (Lipinski definition) is 2. The highest BCUT2D eigenvalue weighted by molar-refractivity contribution is 7.89. The van der Waals surface area contributed by atoms with E-state index in [0.717, 1.165) is 4.31 Å². The topological polar surface area (TPSA) is 77.8 Å². The van der Waals surface area contributed by atoms with E-state index in [1.807, 2.05) is 0 Å². The molecule has 0 heterocycles. The van der Waals surface area contributed by atoms with E-state index in [-0.39, 0.29) is 17.3 Å². The molecule has 0 spiro atoms. The van der Waals surface area contributed by atoms with Crippen molar-refractivity contribution >= 4 is 10.0 Å². The second-order valence-corrected chi connectivity index (χ2v) is 5.54. The number of hydrogen-bond acceptors (Lipinski definition) is 4. The molecule has 0 aliphatic carbocycles. The summed E-state index contributed by atoms with van der Waals surface area (Å²) >= 11 is 0. The third-order valence-corrected chi connectivity index (χ3v) is 4.38. The molecule has 0 fully saturated rings. The van der Waals surface area contributed by atoms with Gasteiger partial charge in [0, 0.05) is 13.1 Å². The summed E-state index contributed by atoms with van der Waals surface area (Å²) in [5, 5.41) is 18.0. The summed E-state index contributed by atoms with van der Waals surface area (Å²) in [5.74, 6) is 0.0109. The van der Waals surface area contributed by atoms with Gasteiger partial charge in [-0.05, 0) is 31.2 Å². The minimum atomic E-state index is -3.60. The predicted molar refractivity (Wildman–Crippen MR) is 59.6 cm³/mol. The highest BCUT2D eigenvalue weighted by Gasteiger charge is 2.24. The lowest BCUT2D eigenvalue weighted by molar-refractivity contribution is 0.214. The fourth-order valence-corrected chi connectivity index (χ4v) is 2.49. The van der Waals surface area contributed by atoms with Gasteiger partial charge in [0.1, 0.15) is 5.75 Å². The molecule has 0 saturated carbocycles. The molecular formula is C10H15NO4S. The summed E-state index contributed by atoms with van der Waals surface area (Å²) in [4.78, 5) is 0.0908. The molecule has 0 aliphatic rings. The highest BCUT2D eigenvalue weighted by atomic mass is 32.2. The van der Waals surface area contributed by atoms with Gasteiger partial charge in [-0.25, -0.2) is 8.42 Å². The molecule has 0 radical (unpaired) electrons. The minimum absolute atomic E-state index is 0.0109. The van der Waals surface area contributed by atoms with Crippen LogP contribution in [0, 0.1) is 0 Å². The first-order chi connectivity index (χ1) is 7.39. The molecule has 1 rings (SSSR count). The third kappa shape index (κ3) is 2.52.